The van der Waals surface area contributed by atoms with Crippen LogP contribution in [-0.4, -0.2) is 21.6 Å². The molecule has 0 aromatic heterocycles. The van der Waals surface area contributed by atoms with E-state index in [2.05, 4.69) is 4.72 Å². The average Bonchev–Trinajstić information content (AvgIpc) is 3.19. The number of ether oxygens (including phenoxy) is 1. The maximum Gasteiger partial charge on any atom is 0.244 e. The molecule has 1 fully saturated rings. The Labute approximate surface area is 113 Å². The van der Waals surface area contributed by atoms with Gasteiger partial charge in [0.15, 0.2) is 0 Å². The van der Waals surface area contributed by atoms with E-state index in [9.17, 15) is 8.42 Å². The number of hydrogen-bond acceptors (Lipinski definition) is 4. The summed E-state index contributed by atoms with van der Waals surface area (Å²) >= 11 is 0. The van der Waals surface area contributed by atoms with Crippen LogP contribution >= 0.6 is 0 Å². The average molecular weight is 282 g/mol. The number of fused-ring (bicyclic) bond motifs is 1. The second-order valence-corrected chi connectivity index (χ2v) is 6.99. The Morgan fingerprint density at radius 3 is 2.89 bits per heavy atom. The highest BCUT2D eigenvalue weighted by Crippen LogP contribution is 2.35. The van der Waals surface area contributed by atoms with Crippen molar-refractivity contribution in [3.05, 3.63) is 17.7 Å². The van der Waals surface area contributed by atoms with Gasteiger partial charge in [0.25, 0.3) is 0 Å². The number of nitrogens with two attached hydrogens (primary N) is 1. The number of nitrogen functional groups attached to an aromatic ring is 1. The molecular weight excluding hydrogens is 264 g/mol. The van der Waals surface area contributed by atoms with E-state index in [4.69, 9.17) is 10.5 Å². The van der Waals surface area contributed by atoms with Gasteiger partial charge in [-0.15, -0.1) is 0 Å². The fourth-order valence-electron chi connectivity index (χ4n) is 2.30. The second-order valence-electron chi connectivity index (χ2n) is 5.25. The first kappa shape index (κ1) is 12.7. The van der Waals surface area contributed by atoms with E-state index < -0.39 is 10.0 Å². The van der Waals surface area contributed by atoms with Crippen LogP contribution in [0, 0.1) is 5.92 Å². The highest BCUT2D eigenvalue weighted by Gasteiger charge is 2.28. The molecule has 2 aliphatic rings. The molecule has 0 unspecified atom stereocenters. The van der Waals surface area contributed by atoms with Crippen LogP contribution in [-0.2, 0) is 16.4 Å². The normalized spacial score (nSPS) is 18.7. The third-order valence-corrected chi connectivity index (χ3v) is 4.97. The van der Waals surface area contributed by atoms with Crippen LogP contribution in [0.3, 0.4) is 0 Å². The number of rotatable bonds is 4. The molecule has 5 nitrogen and oxygen atoms in total. The molecule has 3 N–H and O–H groups in total. The van der Waals surface area contributed by atoms with Crippen molar-refractivity contribution in [3.8, 4) is 5.75 Å². The molecule has 0 bridgehead atoms. The van der Waals surface area contributed by atoms with Crippen molar-refractivity contribution in [3.63, 3.8) is 0 Å². The zero-order valence-corrected chi connectivity index (χ0v) is 11.5. The predicted molar refractivity (Wildman–Crippen MR) is 72.6 cm³/mol. The zero-order chi connectivity index (χ0) is 13.5. The van der Waals surface area contributed by atoms with E-state index in [1.807, 2.05) is 0 Å². The summed E-state index contributed by atoms with van der Waals surface area (Å²) in [6, 6.07) is 3.29. The molecule has 1 aromatic carbocycles. The Balaban J connectivity index is 1.95. The Morgan fingerprint density at radius 1 is 1.37 bits per heavy atom. The molecule has 104 valence electrons. The summed E-state index contributed by atoms with van der Waals surface area (Å²) in [5.74, 6) is 0.969. The molecule has 0 saturated heterocycles. The van der Waals surface area contributed by atoms with Crippen LogP contribution in [0.1, 0.15) is 24.8 Å². The van der Waals surface area contributed by atoms with Crippen molar-refractivity contribution in [2.75, 3.05) is 18.9 Å². The van der Waals surface area contributed by atoms with Gasteiger partial charge in [0, 0.05) is 12.2 Å². The van der Waals surface area contributed by atoms with Crippen molar-refractivity contribution < 1.29 is 13.2 Å². The molecule has 1 aliphatic carbocycles. The lowest BCUT2D eigenvalue weighted by Gasteiger charge is -2.21. The lowest BCUT2D eigenvalue weighted by molar-refractivity contribution is 0.280. The third kappa shape index (κ3) is 2.69. The largest absolute Gasteiger partial charge is 0.492 e. The second kappa shape index (κ2) is 4.68. The number of aryl methyl sites for hydroxylation is 1. The number of anilines is 1. The molecule has 0 radical (unpaired) electrons. The van der Waals surface area contributed by atoms with E-state index in [1.165, 1.54) is 6.07 Å². The van der Waals surface area contributed by atoms with Gasteiger partial charge >= 0.3 is 0 Å². The van der Waals surface area contributed by atoms with Crippen LogP contribution in [0.25, 0.3) is 0 Å². The third-order valence-electron chi connectivity index (χ3n) is 3.54. The van der Waals surface area contributed by atoms with E-state index in [0.29, 0.717) is 30.5 Å². The first-order valence-corrected chi connectivity index (χ1v) is 8.09. The molecule has 6 heteroatoms. The SMILES string of the molecule is Nc1cc2c(c(S(=O)(=O)NCC3CC3)c1)OCCC2. The van der Waals surface area contributed by atoms with E-state index in [1.54, 1.807) is 6.07 Å². The minimum Gasteiger partial charge on any atom is -0.492 e. The Bertz CT molecular complexity index is 594. The zero-order valence-electron chi connectivity index (χ0n) is 10.7. The van der Waals surface area contributed by atoms with Crippen molar-refractivity contribution >= 4 is 15.7 Å². The molecule has 0 amide bonds. The Kier molecular flexibility index (Phi) is 3.14. The van der Waals surface area contributed by atoms with Crippen molar-refractivity contribution in [1.29, 1.82) is 0 Å². The minimum absolute atomic E-state index is 0.183. The van der Waals surface area contributed by atoms with Gasteiger partial charge in [0.05, 0.1) is 6.61 Å². The van der Waals surface area contributed by atoms with Crippen molar-refractivity contribution in [1.82, 2.24) is 4.72 Å². The first-order valence-electron chi connectivity index (χ1n) is 6.61. The monoisotopic (exact) mass is 282 g/mol. The molecule has 1 aromatic rings. The van der Waals surface area contributed by atoms with Gasteiger partial charge < -0.3 is 10.5 Å². The Morgan fingerprint density at radius 2 is 2.16 bits per heavy atom. The topological polar surface area (TPSA) is 81.4 Å². The fourth-order valence-corrected chi connectivity index (χ4v) is 3.63. The van der Waals surface area contributed by atoms with Crippen LogP contribution < -0.4 is 15.2 Å². The molecule has 0 atom stereocenters. The van der Waals surface area contributed by atoms with Gasteiger partial charge in [0.2, 0.25) is 10.0 Å². The molecule has 1 heterocycles. The number of sulfonamides is 1. The predicted octanol–water partition coefficient (Wildman–Crippen LogP) is 1.28. The van der Waals surface area contributed by atoms with Crippen molar-refractivity contribution in [2.24, 2.45) is 5.92 Å². The van der Waals surface area contributed by atoms with Gasteiger partial charge in [-0.2, -0.15) is 0 Å². The van der Waals surface area contributed by atoms with Crippen LogP contribution in [0.2, 0.25) is 0 Å². The first-order chi connectivity index (χ1) is 9.06. The highest BCUT2D eigenvalue weighted by atomic mass is 32.2. The fraction of sp³-hybridized carbons (Fsp3) is 0.538. The molecule has 19 heavy (non-hydrogen) atoms. The number of hydrogen-bond donors (Lipinski definition) is 2. The van der Waals surface area contributed by atoms with Crippen LogP contribution in [0.15, 0.2) is 17.0 Å². The van der Waals surface area contributed by atoms with Gasteiger partial charge in [-0.05, 0) is 49.3 Å². The van der Waals surface area contributed by atoms with E-state index in [-0.39, 0.29) is 4.90 Å². The summed E-state index contributed by atoms with van der Waals surface area (Å²) in [6.07, 6.45) is 3.92. The maximum absolute atomic E-state index is 12.3. The van der Waals surface area contributed by atoms with Gasteiger partial charge in [-0.25, -0.2) is 13.1 Å². The summed E-state index contributed by atoms with van der Waals surface area (Å²) in [7, 11) is -3.53. The maximum atomic E-state index is 12.3. The van der Waals surface area contributed by atoms with Gasteiger partial charge in [0.1, 0.15) is 10.6 Å². The summed E-state index contributed by atoms with van der Waals surface area (Å²) in [4.78, 5) is 0.183. The molecule has 1 aliphatic heterocycles. The van der Waals surface area contributed by atoms with E-state index in [0.717, 1.165) is 31.2 Å². The van der Waals surface area contributed by atoms with Crippen LogP contribution in [0.4, 0.5) is 5.69 Å². The van der Waals surface area contributed by atoms with Gasteiger partial charge in [-0.3, -0.25) is 0 Å². The molecule has 3 rings (SSSR count). The number of nitrogens with one attached hydrogen (secondary N) is 1. The molecular formula is C13H18N2O3S. The Hall–Kier alpha value is -1.27. The quantitative estimate of drug-likeness (QED) is 0.815. The standard InChI is InChI=1S/C13H18N2O3S/c14-11-6-10-2-1-5-18-13(10)12(7-11)19(16,17)15-8-9-3-4-9/h6-7,9,15H,1-5,8,14H2. The summed E-state index contributed by atoms with van der Waals surface area (Å²) in [6.45, 7) is 1.06. The van der Waals surface area contributed by atoms with Gasteiger partial charge in [-0.1, -0.05) is 0 Å². The van der Waals surface area contributed by atoms with E-state index >= 15 is 0 Å². The van der Waals surface area contributed by atoms with Crippen molar-refractivity contribution in [2.45, 2.75) is 30.6 Å². The molecule has 0 spiro atoms. The summed E-state index contributed by atoms with van der Waals surface area (Å²) < 4.78 is 32.9. The number of benzene rings is 1. The lowest BCUT2D eigenvalue weighted by atomic mass is 10.1. The smallest absolute Gasteiger partial charge is 0.244 e. The summed E-state index contributed by atoms with van der Waals surface area (Å²) in [5, 5.41) is 0. The minimum atomic E-state index is -3.53. The lowest BCUT2D eigenvalue weighted by Crippen LogP contribution is -2.27. The highest BCUT2D eigenvalue weighted by molar-refractivity contribution is 7.89. The van der Waals surface area contributed by atoms with Crippen LogP contribution in [0.5, 0.6) is 5.75 Å². The molecule has 1 saturated carbocycles. The summed E-state index contributed by atoms with van der Waals surface area (Å²) in [5.41, 5.74) is 7.16.